The average molecular weight is 393 g/mol. The number of fused-ring (bicyclic) bond motifs is 1. The topological polar surface area (TPSA) is 41.6 Å². The van der Waals surface area contributed by atoms with Crippen molar-refractivity contribution < 1.29 is 9.53 Å². The highest BCUT2D eigenvalue weighted by atomic mass is 16.5. The number of para-hydroxylation sites is 2. The first kappa shape index (κ1) is 19.8. The van der Waals surface area contributed by atoms with Gasteiger partial charge in [-0.25, -0.2) is 0 Å². The molecule has 2 aromatic rings. The molecule has 1 amide bonds. The van der Waals surface area contributed by atoms with E-state index in [4.69, 9.17) is 4.74 Å². The first-order valence-electron chi connectivity index (χ1n) is 11.1. The molecule has 2 aromatic carbocycles. The van der Waals surface area contributed by atoms with Gasteiger partial charge in [-0.05, 0) is 30.5 Å². The largest absolute Gasteiger partial charge is 0.489 e. The van der Waals surface area contributed by atoms with Crippen molar-refractivity contribution in [3.8, 4) is 5.75 Å². The molecule has 29 heavy (non-hydrogen) atoms. The molecule has 0 radical (unpaired) electrons. The molecule has 1 N–H and O–H groups in total. The number of amides is 1. The molecule has 0 spiro atoms. The van der Waals surface area contributed by atoms with Crippen molar-refractivity contribution >= 4 is 11.6 Å². The zero-order chi connectivity index (χ0) is 19.9. The molecule has 1 atom stereocenters. The number of benzene rings is 2. The Balaban J connectivity index is 1.45. The van der Waals surface area contributed by atoms with Crippen molar-refractivity contribution in [2.75, 3.05) is 11.5 Å². The Labute approximate surface area is 174 Å². The lowest BCUT2D eigenvalue weighted by Crippen LogP contribution is -2.47. The smallest absolute Gasteiger partial charge is 0.222 e. The van der Waals surface area contributed by atoms with Gasteiger partial charge in [0, 0.05) is 12.6 Å². The molecule has 154 valence electrons. The fourth-order valence-corrected chi connectivity index (χ4v) is 4.55. The number of ether oxygens (including phenoxy) is 1. The van der Waals surface area contributed by atoms with E-state index in [1.165, 1.54) is 37.7 Å². The van der Waals surface area contributed by atoms with Gasteiger partial charge in [0.1, 0.15) is 12.4 Å². The van der Waals surface area contributed by atoms with E-state index in [1.807, 2.05) is 24.3 Å². The van der Waals surface area contributed by atoms with Crippen LogP contribution in [-0.2, 0) is 11.3 Å². The van der Waals surface area contributed by atoms with Gasteiger partial charge in [0.25, 0.3) is 0 Å². The number of carbonyl (C=O) groups excluding carboxylic acids is 1. The summed E-state index contributed by atoms with van der Waals surface area (Å²) in [5, 5.41) is 3.32. The van der Waals surface area contributed by atoms with Crippen molar-refractivity contribution in [3.05, 3.63) is 60.2 Å². The van der Waals surface area contributed by atoms with Gasteiger partial charge in [-0.15, -0.1) is 0 Å². The van der Waals surface area contributed by atoms with E-state index in [-0.39, 0.29) is 11.9 Å². The lowest BCUT2D eigenvalue weighted by Gasteiger charge is -2.38. The average Bonchev–Trinajstić information content (AvgIpc) is 2.72. The summed E-state index contributed by atoms with van der Waals surface area (Å²) in [6, 6.07) is 19.0. The Morgan fingerprint density at radius 1 is 0.931 bits per heavy atom. The fraction of sp³-hybridized carbons (Fsp3) is 0.480. The summed E-state index contributed by atoms with van der Waals surface area (Å²) in [5.74, 6) is 1.06. The molecule has 1 aliphatic carbocycles. The van der Waals surface area contributed by atoms with Crippen LogP contribution in [0.2, 0.25) is 0 Å². The van der Waals surface area contributed by atoms with E-state index in [0.29, 0.717) is 19.1 Å². The molecule has 1 unspecified atom stereocenters. The maximum Gasteiger partial charge on any atom is 0.222 e. The number of carbonyl (C=O) groups is 1. The molecule has 0 aromatic heterocycles. The Morgan fingerprint density at radius 2 is 1.62 bits per heavy atom. The summed E-state index contributed by atoms with van der Waals surface area (Å²) in [5.41, 5.74) is 2.32. The fourth-order valence-electron chi connectivity index (χ4n) is 4.55. The van der Waals surface area contributed by atoms with Gasteiger partial charge >= 0.3 is 0 Å². The van der Waals surface area contributed by atoms with Crippen molar-refractivity contribution in [2.45, 2.75) is 70.0 Å². The number of rotatable bonds is 5. The van der Waals surface area contributed by atoms with Crippen molar-refractivity contribution in [1.82, 2.24) is 5.32 Å². The first-order chi connectivity index (χ1) is 14.3. The van der Waals surface area contributed by atoms with Crippen molar-refractivity contribution in [1.29, 1.82) is 0 Å². The number of nitrogens with one attached hydrogen (secondary N) is 1. The monoisotopic (exact) mass is 392 g/mol. The van der Waals surface area contributed by atoms with Gasteiger partial charge in [0.2, 0.25) is 5.91 Å². The number of nitrogens with zero attached hydrogens (tertiary/aromatic N) is 1. The Bertz CT molecular complexity index is 784. The van der Waals surface area contributed by atoms with Crippen LogP contribution >= 0.6 is 0 Å². The quantitative estimate of drug-likeness (QED) is 0.772. The highest BCUT2D eigenvalue weighted by Gasteiger charge is 2.29. The molecule has 1 heterocycles. The predicted octanol–water partition coefficient (Wildman–Crippen LogP) is 5.07. The molecule has 1 saturated carbocycles. The third-order valence-corrected chi connectivity index (χ3v) is 6.13. The lowest BCUT2D eigenvalue weighted by atomic mass is 9.96. The zero-order valence-electron chi connectivity index (χ0n) is 17.2. The second-order valence-electron chi connectivity index (χ2n) is 8.36. The Hall–Kier alpha value is -2.49. The summed E-state index contributed by atoms with van der Waals surface area (Å²) in [7, 11) is 0. The summed E-state index contributed by atoms with van der Waals surface area (Å²) >= 11 is 0. The van der Waals surface area contributed by atoms with Crippen LogP contribution in [0.5, 0.6) is 5.75 Å². The summed E-state index contributed by atoms with van der Waals surface area (Å²) in [4.78, 5) is 15.2. The number of hydrogen-bond acceptors (Lipinski definition) is 3. The molecule has 1 fully saturated rings. The zero-order valence-corrected chi connectivity index (χ0v) is 17.2. The minimum atomic E-state index is 0.0404. The first-order valence-corrected chi connectivity index (χ1v) is 11.1. The molecule has 4 nitrogen and oxygen atoms in total. The van der Waals surface area contributed by atoms with Gasteiger partial charge in [-0.1, -0.05) is 74.6 Å². The second kappa shape index (κ2) is 9.82. The predicted molar refractivity (Wildman–Crippen MR) is 117 cm³/mol. The molecular weight excluding hydrogens is 360 g/mol. The van der Waals surface area contributed by atoms with Crippen LogP contribution in [-0.4, -0.2) is 24.6 Å². The van der Waals surface area contributed by atoms with Crippen LogP contribution in [0.3, 0.4) is 0 Å². The highest BCUT2D eigenvalue weighted by molar-refractivity contribution is 5.78. The van der Waals surface area contributed by atoms with E-state index in [9.17, 15) is 4.79 Å². The van der Waals surface area contributed by atoms with Crippen LogP contribution in [0.4, 0.5) is 5.69 Å². The van der Waals surface area contributed by atoms with Crippen LogP contribution in [0.15, 0.2) is 54.6 Å². The minimum absolute atomic E-state index is 0.0404. The summed E-state index contributed by atoms with van der Waals surface area (Å²) in [6.45, 7) is 1.32. The van der Waals surface area contributed by atoms with Crippen LogP contribution < -0.4 is 15.0 Å². The minimum Gasteiger partial charge on any atom is -0.489 e. The van der Waals surface area contributed by atoms with Gasteiger partial charge in [0.05, 0.1) is 18.2 Å². The van der Waals surface area contributed by atoms with Crippen LogP contribution in [0.1, 0.15) is 56.9 Å². The number of anilines is 1. The van der Waals surface area contributed by atoms with Crippen molar-refractivity contribution in [3.63, 3.8) is 0 Å². The molecule has 2 aliphatic rings. The molecule has 4 rings (SSSR count). The summed E-state index contributed by atoms with van der Waals surface area (Å²) in [6.07, 6.45) is 9.09. The molecule has 0 bridgehead atoms. The van der Waals surface area contributed by atoms with E-state index in [0.717, 1.165) is 30.8 Å². The lowest BCUT2D eigenvalue weighted by molar-refractivity contribution is -0.122. The van der Waals surface area contributed by atoms with Crippen LogP contribution in [0, 0.1) is 0 Å². The SMILES string of the molecule is O=C(CC1COc2ccccc2N1Cc1ccccc1)NC1CCCCCCC1. The van der Waals surface area contributed by atoms with Gasteiger partial charge in [-0.2, -0.15) is 0 Å². The van der Waals surface area contributed by atoms with E-state index in [2.05, 4.69) is 40.5 Å². The van der Waals surface area contributed by atoms with E-state index < -0.39 is 0 Å². The summed E-state index contributed by atoms with van der Waals surface area (Å²) < 4.78 is 6.01. The van der Waals surface area contributed by atoms with E-state index >= 15 is 0 Å². The molecule has 0 saturated heterocycles. The molecule has 4 heteroatoms. The standard InChI is InChI=1S/C25H32N2O2/c28-25(26-21-13-7-2-1-3-8-14-21)17-22-19-29-24-16-10-9-15-23(24)27(22)18-20-11-5-4-6-12-20/h4-6,9-12,15-16,21-22H,1-3,7-8,13-14,17-19H2,(H,26,28). The normalized spacial score (nSPS) is 20.1. The molecular formula is C25H32N2O2. The Kier molecular flexibility index (Phi) is 6.71. The van der Waals surface area contributed by atoms with Crippen LogP contribution in [0.25, 0.3) is 0 Å². The van der Waals surface area contributed by atoms with E-state index in [1.54, 1.807) is 0 Å². The van der Waals surface area contributed by atoms with Crippen molar-refractivity contribution in [2.24, 2.45) is 0 Å². The molecule has 1 aliphatic heterocycles. The second-order valence-corrected chi connectivity index (χ2v) is 8.36. The van der Waals surface area contributed by atoms with Gasteiger partial charge in [-0.3, -0.25) is 4.79 Å². The van der Waals surface area contributed by atoms with Gasteiger partial charge in [0.15, 0.2) is 0 Å². The highest BCUT2D eigenvalue weighted by Crippen LogP contribution is 2.35. The van der Waals surface area contributed by atoms with Gasteiger partial charge < -0.3 is 15.0 Å². The third kappa shape index (κ3) is 5.31. The maximum absolute atomic E-state index is 12.9. The maximum atomic E-state index is 12.9. The Morgan fingerprint density at radius 3 is 2.41 bits per heavy atom. The number of hydrogen-bond donors (Lipinski definition) is 1. The third-order valence-electron chi connectivity index (χ3n) is 6.13.